The van der Waals surface area contributed by atoms with E-state index in [4.69, 9.17) is 4.74 Å². The second kappa shape index (κ2) is 5.34. The molecule has 0 atom stereocenters. The van der Waals surface area contributed by atoms with Crippen LogP contribution in [0.25, 0.3) is 0 Å². The molecule has 0 aromatic heterocycles. The van der Waals surface area contributed by atoms with Crippen molar-refractivity contribution in [2.75, 3.05) is 19.7 Å². The zero-order valence-electron chi connectivity index (χ0n) is 10.3. The number of hydrogen-bond acceptors (Lipinski definition) is 3. The van der Waals surface area contributed by atoms with Gasteiger partial charge in [-0.25, -0.2) is 0 Å². The van der Waals surface area contributed by atoms with E-state index in [0.29, 0.717) is 25.5 Å². The average molecular weight is 227 g/mol. The van der Waals surface area contributed by atoms with Gasteiger partial charge in [0.1, 0.15) is 0 Å². The highest BCUT2D eigenvalue weighted by molar-refractivity contribution is 5.91. The van der Waals surface area contributed by atoms with Crippen molar-refractivity contribution in [3.63, 3.8) is 0 Å². The number of aliphatic hydroxyl groups is 1. The maximum atomic E-state index is 12.0. The van der Waals surface area contributed by atoms with E-state index in [9.17, 15) is 9.90 Å². The van der Waals surface area contributed by atoms with E-state index in [1.54, 1.807) is 18.7 Å². The van der Waals surface area contributed by atoms with Crippen molar-refractivity contribution in [2.45, 2.75) is 39.2 Å². The highest BCUT2D eigenvalue weighted by Crippen LogP contribution is 2.14. The minimum Gasteiger partial charge on any atom is -0.488 e. The molecule has 1 aliphatic heterocycles. The molecule has 0 unspecified atom stereocenters. The van der Waals surface area contributed by atoms with Crippen LogP contribution in [0.15, 0.2) is 11.8 Å². The van der Waals surface area contributed by atoms with Crippen molar-refractivity contribution in [1.82, 2.24) is 4.90 Å². The quantitative estimate of drug-likeness (QED) is 0.787. The zero-order chi connectivity index (χ0) is 12.2. The maximum Gasteiger partial charge on any atom is 0.288 e. The van der Waals surface area contributed by atoms with E-state index in [1.165, 1.54) is 0 Å². The number of hydrogen-bond donors (Lipinski definition) is 1. The van der Waals surface area contributed by atoms with Gasteiger partial charge in [0.25, 0.3) is 5.91 Å². The number of amides is 1. The standard InChI is InChI=1S/C12H21NO3/c1-4-13(9-12(2,3)15)11(14)10-7-5-6-8-16-10/h7,15H,4-6,8-9H2,1-3H3. The van der Waals surface area contributed by atoms with Crippen molar-refractivity contribution < 1.29 is 14.6 Å². The molecule has 0 saturated carbocycles. The molecule has 16 heavy (non-hydrogen) atoms. The van der Waals surface area contributed by atoms with Crippen molar-refractivity contribution in [1.29, 1.82) is 0 Å². The van der Waals surface area contributed by atoms with Crippen molar-refractivity contribution in [3.8, 4) is 0 Å². The van der Waals surface area contributed by atoms with E-state index in [1.807, 2.05) is 13.0 Å². The largest absolute Gasteiger partial charge is 0.488 e. The summed E-state index contributed by atoms with van der Waals surface area (Å²) in [4.78, 5) is 13.6. The first kappa shape index (κ1) is 13.0. The number of ether oxygens (including phenoxy) is 1. The highest BCUT2D eigenvalue weighted by atomic mass is 16.5. The van der Waals surface area contributed by atoms with Gasteiger partial charge in [0.05, 0.1) is 12.2 Å². The first-order valence-electron chi connectivity index (χ1n) is 5.78. The normalized spacial score (nSPS) is 16.4. The topological polar surface area (TPSA) is 49.8 Å². The number of nitrogens with zero attached hydrogens (tertiary/aromatic N) is 1. The molecule has 92 valence electrons. The summed E-state index contributed by atoms with van der Waals surface area (Å²) in [7, 11) is 0. The van der Waals surface area contributed by atoms with E-state index < -0.39 is 5.60 Å². The van der Waals surface area contributed by atoms with Crippen molar-refractivity contribution >= 4 is 5.91 Å². The summed E-state index contributed by atoms with van der Waals surface area (Å²) in [5.74, 6) is 0.307. The van der Waals surface area contributed by atoms with Crippen LogP contribution in [0.1, 0.15) is 33.6 Å². The Morgan fingerprint density at radius 2 is 2.31 bits per heavy atom. The third kappa shape index (κ3) is 3.85. The smallest absolute Gasteiger partial charge is 0.288 e. The fraction of sp³-hybridized carbons (Fsp3) is 0.750. The van der Waals surface area contributed by atoms with Crippen LogP contribution >= 0.6 is 0 Å². The minimum atomic E-state index is -0.874. The molecular weight excluding hydrogens is 206 g/mol. The Hall–Kier alpha value is -1.03. The van der Waals surface area contributed by atoms with Gasteiger partial charge in [-0.2, -0.15) is 0 Å². The predicted octanol–water partition coefficient (Wildman–Crippen LogP) is 1.30. The maximum absolute atomic E-state index is 12.0. The predicted molar refractivity (Wildman–Crippen MR) is 61.8 cm³/mol. The molecule has 0 aromatic rings. The van der Waals surface area contributed by atoms with Gasteiger partial charge in [0, 0.05) is 13.1 Å². The summed E-state index contributed by atoms with van der Waals surface area (Å²) in [6, 6.07) is 0. The molecule has 1 amide bonds. The number of carbonyl (C=O) groups excluding carboxylic acids is 1. The van der Waals surface area contributed by atoms with E-state index >= 15 is 0 Å². The molecule has 0 radical (unpaired) electrons. The molecule has 1 heterocycles. The first-order valence-corrected chi connectivity index (χ1v) is 5.78. The van der Waals surface area contributed by atoms with Crippen LogP contribution in [0.3, 0.4) is 0 Å². The number of carbonyl (C=O) groups is 1. The van der Waals surface area contributed by atoms with E-state index in [0.717, 1.165) is 12.8 Å². The third-order valence-corrected chi connectivity index (χ3v) is 2.39. The molecule has 0 bridgehead atoms. The van der Waals surface area contributed by atoms with Crippen LogP contribution in [0, 0.1) is 0 Å². The monoisotopic (exact) mass is 227 g/mol. The third-order valence-electron chi connectivity index (χ3n) is 2.39. The lowest BCUT2D eigenvalue weighted by molar-refractivity contribution is -0.133. The molecule has 4 heteroatoms. The Labute approximate surface area is 96.9 Å². The average Bonchev–Trinajstić information content (AvgIpc) is 2.25. The number of likely N-dealkylation sites (N-methyl/N-ethyl adjacent to an activating group) is 1. The minimum absolute atomic E-state index is 0.121. The van der Waals surface area contributed by atoms with Crippen LogP contribution in [0.4, 0.5) is 0 Å². The second-order valence-corrected chi connectivity index (χ2v) is 4.69. The van der Waals surface area contributed by atoms with Gasteiger partial charge in [-0.1, -0.05) is 0 Å². The van der Waals surface area contributed by atoms with E-state index in [-0.39, 0.29) is 5.91 Å². The van der Waals surface area contributed by atoms with Crippen LogP contribution in [-0.2, 0) is 9.53 Å². The lowest BCUT2D eigenvalue weighted by atomic mass is 10.1. The van der Waals surface area contributed by atoms with Gasteiger partial charge in [0.2, 0.25) is 0 Å². The molecule has 0 spiro atoms. The molecule has 0 aliphatic carbocycles. The van der Waals surface area contributed by atoms with Gasteiger partial charge in [-0.05, 0) is 39.7 Å². The summed E-state index contributed by atoms with van der Waals surface area (Å²) < 4.78 is 5.33. The zero-order valence-corrected chi connectivity index (χ0v) is 10.3. The SMILES string of the molecule is CCN(CC(C)(C)O)C(=O)C1=CCCCO1. The Morgan fingerprint density at radius 1 is 1.62 bits per heavy atom. The molecule has 0 aromatic carbocycles. The molecule has 1 rings (SSSR count). The van der Waals surface area contributed by atoms with Crippen LogP contribution in [0.5, 0.6) is 0 Å². The van der Waals surface area contributed by atoms with Crippen LogP contribution < -0.4 is 0 Å². The van der Waals surface area contributed by atoms with Crippen molar-refractivity contribution in [2.24, 2.45) is 0 Å². The van der Waals surface area contributed by atoms with Gasteiger partial charge < -0.3 is 14.7 Å². The lowest BCUT2D eigenvalue weighted by Gasteiger charge is -2.29. The molecule has 0 saturated heterocycles. The van der Waals surface area contributed by atoms with Crippen LogP contribution in [0.2, 0.25) is 0 Å². The first-order chi connectivity index (χ1) is 7.44. The van der Waals surface area contributed by atoms with E-state index in [2.05, 4.69) is 0 Å². The summed E-state index contributed by atoms with van der Waals surface area (Å²) in [5, 5.41) is 9.71. The van der Waals surface area contributed by atoms with Gasteiger partial charge in [-0.15, -0.1) is 0 Å². The van der Waals surface area contributed by atoms with Gasteiger partial charge in [-0.3, -0.25) is 4.79 Å². The summed E-state index contributed by atoms with van der Waals surface area (Å²) in [6.45, 7) is 6.79. The molecule has 0 fully saturated rings. The fourth-order valence-corrected chi connectivity index (χ4v) is 1.66. The summed E-state index contributed by atoms with van der Waals surface area (Å²) in [6.07, 6.45) is 3.69. The molecule has 4 nitrogen and oxygen atoms in total. The molecule has 1 N–H and O–H groups in total. The summed E-state index contributed by atoms with van der Waals surface area (Å²) in [5.41, 5.74) is -0.874. The van der Waals surface area contributed by atoms with Crippen molar-refractivity contribution in [3.05, 3.63) is 11.8 Å². The Bertz CT molecular complexity index is 278. The fourth-order valence-electron chi connectivity index (χ4n) is 1.66. The number of rotatable bonds is 4. The van der Waals surface area contributed by atoms with Gasteiger partial charge in [0.15, 0.2) is 5.76 Å². The second-order valence-electron chi connectivity index (χ2n) is 4.69. The lowest BCUT2D eigenvalue weighted by Crippen LogP contribution is -2.43. The summed E-state index contributed by atoms with van der Waals surface area (Å²) >= 11 is 0. The molecular formula is C12H21NO3. The Balaban J connectivity index is 2.65. The Morgan fingerprint density at radius 3 is 2.75 bits per heavy atom. The highest BCUT2D eigenvalue weighted by Gasteiger charge is 2.25. The van der Waals surface area contributed by atoms with Crippen LogP contribution in [-0.4, -0.2) is 41.2 Å². The number of allylic oxidation sites excluding steroid dienone is 1. The van der Waals surface area contributed by atoms with Gasteiger partial charge >= 0.3 is 0 Å². The molecule has 1 aliphatic rings. The Kier molecular flexibility index (Phi) is 4.35.